The number of carbonyl (C=O) groups excluding carboxylic acids is 2. The van der Waals surface area contributed by atoms with Gasteiger partial charge < -0.3 is 15.4 Å². The summed E-state index contributed by atoms with van der Waals surface area (Å²) in [6.07, 6.45) is 2.76. The van der Waals surface area contributed by atoms with Crippen molar-refractivity contribution in [3.8, 4) is 0 Å². The van der Waals surface area contributed by atoms with E-state index >= 15 is 0 Å². The summed E-state index contributed by atoms with van der Waals surface area (Å²) in [7, 11) is 0. The van der Waals surface area contributed by atoms with Gasteiger partial charge in [0.15, 0.2) is 0 Å². The van der Waals surface area contributed by atoms with Crippen molar-refractivity contribution >= 4 is 12.0 Å². The maximum Gasteiger partial charge on any atom is 0.407 e. The van der Waals surface area contributed by atoms with Crippen molar-refractivity contribution in [3.05, 3.63) is 0 Å². The Morgan fingerprint density at radius 3 is 2.32 bits per heavy atom. The molecule has 0 aliphatic carbocycles. The van der Waals surface area contributed by atoms with Crippen molar-refractivity contribution in [2.45, 2.75) is 71.9 Å². The Bertz CT molecular complexity index is 285. The third-order valence-electron chi connectivity index (χ3n) is 2.52. The van der Waals surface area contributed by atoms with Crippen LogP contribution in [0.3, 0.4) is 0 Å². The number of hydrogen-bond acceptors (Lipinski definition) is 3. The fraction of sp³-hybridized carbons (Fsp3) is 0.857. The highest BCUT2D eigenvalue weighted by Crippen LogP contribution is 2.06. The van der Waals surface area contributed by atoms with E-state index in [1.807, 2.05) is 0 Å². The lowest BCUT2D eigenvalue weighted by atomic mass is 10.1. The first kappa shape index (κ1) is 17.7. The second-order valence-electron chi connectivity index (χ2n) is 5.64. The monoisotopic (exact) mass is 272 g/mol. The Balaban J connectivity index is 3.82. The van der Waals surface area contributed by atoms with Gasteiger partial charge in [0, 0.05) is 19.0 Å². The molecule has 5 heteroatoms. The summed E-state index contributed by atoms with van der Waals surface area (Å²) < 4.78 is 5.08. The van der Waals surface area contributed by atoms with E-state index in [9.17, 15) is 9.59 Å². The van der Waals surface area contributed by atoms with Gasteiger partial charge in [0.25, 0.3) is 0 Å². The smallest absolute Gasteiger partial charge is 0.407 e. The van der Waals surface area contributed by atoms with Crippen molar-refractivity contribution < 1.29 is 14.3 Å². The van der Waals surface area contributed by atoms with Gasteiger partial charge in [-0.15, -0.1) is 0 Å². The summed E-state index contributed by atoms with van der Waals surface area (Å²) in [6, 6.07) is 0.235. The fourth-order valence-electron chi connectivity index (χ4n) is 1.62. The summed E-state index contributed by atoms with van der Waals surface area (Å²) in [5.74, 6) is -0.0311. The van der Waals surface area contributed by atoms with Crippen molar-refractivity contribution in [2.75, 3.05) is 6.54 Å². The number of ether oxygens (including phenoxy) is 1. The lowest BCUT2D eigenvalue weighted by Gasteiger charge is -2.20. The molecule has 0 aromatic heterocycles. The maximum atomic E-state index is 11.7. The molecule has 112 valence electrons. The summed E-state index contributed by atoms with van der Waals surface area (Å²) in [5, 5.41) is 5.53. The van der Waals surface area contributed by atoms with Gasteiger partial charge >= 0.3 is 6.09 Å². The van der Waals surface area contributed by atoms with Crippen LogP contribution in [0, 0.1) is 0 Å². The second-order valence-corrected chi connectivity index (χ2v) is 5.64. The zero-order chi connectivity index (χ0) is 14.9. The molecule has 0 saturated heterocycles. The first-order chi connectivity index (χ1) is 8.78. The van der Waals surface area contributed by atoms with E-state index in [1.165, 1.54) is 0 Å². The summed E-state index contributed by atoms with van der Waals surface area (Å²) >= 11 is 0. The summed E-state index contributed by atoms with van der Waals surface area (Å²) in [5.41, 5.74) is -0.513. The van der Waals surface area contributed by atoms with E-state index in [-0.39, 0.29) is 18.4 Å². The molecule has 0 aromatic rings. The van der Waals surface area contributed by atoms with Crippen LogP contribution >= 0.6 is 0 Å². The Labute approximate surface area is 116 Å². The van der Waals surface area contributed by atoms with Gasteiger partial charge in [0.05, 0.1) is 0 Å². The Morgan fingerprint density at radius 2 is 1.84 bits per heavy atom. The molecule has 0 radical (unpaired) electrons. The molecule has 0 aromatic carbocycles. The minimum absolute atomic E-state index is 0.0311. The minimum atomic E-state index is -0.513. The fourth-order valence-corrected chi connectivity index (χ4v) is 1.62. The van der Waals surface area contributed by atoms with E-state index in [0.29, 0.717) is 6.54 Å². The summed E-state index contributed by atoms with van der Waals surface area (Å²) in [4.78, 5) is 23.0. The lowest BCUT2D eigenvalue weighted by molar-refractivity contribution is -0.121. The van der Waals surface area contributed by atoms with Crippen LogP contribution < -0.4 is 10.6 Å². The van der Waals surface area contributed by atoms with E-state index in [1.54, 1.807) is 20.8 Å². The van der Waals surface area contributed by atoms with Gasteiger partial charge in [-0.1, -0.05) is 20.3 Å². The molecule has 0 aliphatic heterocycles. The number of hydrogen-bond donors (Lipinski definition) is 2. The largest absolute Gasteiger partial charge is 0.444 e. The molecular formula is C14H28N2O3. The minimum Gasteiger partial charge on any atom is -0.444 e. The van der Waals surface area contributed by atoms with Crippen LogP contribution in [0.15, 0.2) is 0 Å². The van der Waals surface area contributed by atoms with Gasteiger partial charge in [-0.2, -0.15) is 0 Å². The third kappa shape index (κ3) is 10.4. The van der Waals surface area contributed by atoms with Crippen LogP contribution in [0.5, 0.6) is 0 Å². The van der Waals surface area contributed by atoms with Crippen molar-refractivity contribution in [1.82, 2.24) is 10.6 Å². The molecule has 1 unspecified atom stereocenters. The highest BCUT2D eigenvalue weighted by atomic mass is 16.6. The van der Waals surface area contributed by atoms with Gasteiger partial charge in [0.2, 0.25) is 5.91 Å². The quantitative estimate of drug-likeness (QED) is 0.748. The number of rotatable bonds is 7. The third-order valence-corrected chi connectivity index (χ3v) is 2.52. The Hall–Kier alpha value is -1.26. The number of nitrogens with one attached hydrogen (secondary N) is 2. The Kier molecular flexibility index (Phi) is 8.19. The lowest BCUT2D eigenvalue weighted by Crippen LogP contribution is -2.38. The van der Waals surface area contributed by atoms with E-state index in [0.717, 1.165) is 19.3 Å². The summed E-state index contributed by atoms with van der Waals surface area (Å²) in [6.45, 7) is 9.85. The maximum absolute atomic E-state index is 11.7. The van der Waals surface area contributed by atoms with Gasteiger partial charge in [0.1, 0.15) is 5.60 Å². The molecule has 1 atom stereocenters. The number of alkyl carbamates (subject to hydrolysis) is 1. The van der Waals surface area contributed by atoms with Crippen LogP contribution in [-0.4, -0.2) is 30.2 Å². The Morgan fingerprint density at radius 1 is 1.21 bits per heavy atom. The predicted octanol–water partition coefficient (Wildman–Crippen LogP) is 2.60. The molecule has 0 heterocycles. The van der Waals surface area contributed by atoms with Gasteiger partial charge in [-0.25, -0.2) is 4.79 Å². The van der Waals surface area contributed by atoms with Gasteiger partial charge in [-0.3, -0.25) is 4.79 Å². The zero-order valence-corrected chi connectivity index (χ0v) is 12.8. The first-order valence-corrected chi connectivity index (χ1v) is 7.04. The normalized spacial score (nSPS) is 12.7. The molecule has 0 saturated carbocycles. The molecule has 0 aliphatic rings. The van der Waals surface area contributed by atoms with E-state index in [2.05, 4.69) is 24.5 Å². The average Bonchev–Trinajstić information content (AvgIpc) is 2.25. The van der Waals surface area contributed by atoms with Crippen molar-refractivity contribution in [1.29, 1.82) is 0 Å². The number of amides is 2. The van der Waals surface area contributed by atoms with Crippen LogP contribution in [0.2, 0.25) is 0 Å². The van der Waals surface area contributed by atoms with Crippen LogP contribution in [-0.2, 0) is 9.53 Å². The van der Waals surface area contributed by atoms with Crippen LogP contribution in [0.1, 0.15) is 60.3 Å². The molecule has 2 amide bonds. The molecule has 5 nitrogen and oxygen atoms in total. The van der Waals surface area contributed by atoms with Crippen molar-refractivity contribution in [2.24, 2.45) is 0 Å². The van der Waals surface area contributed by atoms with Gasteiger partial charge in [-0.05, 0) is 33.6 Å². The van der Waals surface area contributed by atoms with Crippen LogP contribution in [0.25, 0.3) is 0 Å². The standard InChI is InChI=1S/C14H28N2O3/c1-6-8-11(7-2)16-12(17)9-10-15-13(18)19-14(3,4)5/h11H,6-10H2,1-5H3,(H,15,18)(H,16,17). The molecule has 0 spiro atoms. The van der Waals surface area contributed by atoms with Crippen LogP contribution in [0.4, 0.5) is 4.79 Å². The number of carbonyl (C=O) groups is 2. The van der Waals surface area contributed by atoms with Crippen molar-refractivity contribution in [3.63, 3.8) is 0 Å². The van der Waals surface area contributed by atoms with E-state index in [4.69, 9.17) is 4.74 Å². The molecular weight excluding hydrogens is 244 g/mol. The molecule has 0 bridgehead atoms. The predicted molar refractivity (Wildman–Crippen MR) is 76.0 cm³/mol. The molecule has 0 fully saturated rings. The second kappa shape index (κ2) is 8.77. The topological polar surface area (TPSA) is 67.4 Å². The first-order valence-electron chi connectivity index (χ1n) is 7.04. The molecule has 19 heavy (non-hydrogen) atoms. The van der Waals surface area contributed by atoms with E-state index < -0.39 is 11.7 Å². The molecule has 2 N–H and O–H groups in total. The zero-order valence-electron chi connectivity index (χ0n) is 12.8. The molecule has 0 rings (SSSR count). The highest BCUT2D eigenvalue weighted by molar-refractivity contribution is 5.77. The average molecular weight is 272 g/mol. The highest BCUT2D eigenvalue weighted by Gasteiger charge is 2.16. The SMILES string of the molecule is CCCC(CC)NC(=O)CCNC(=O)OC(C)(C)C.